The molecule has 39 heavy (non-hydrogen) atoms. The van der Waals surface area contributed by atoms with Crippen LogP contribution in [-0.4, -0.2) is 49.1 Å². The number of carbonyl (C=O) groups is 2. The van der Waals surface area contributed by atoms with E-state index in [1.807, 2.05) is 41.3 Å². The van der Waals surface area contributed by atoms with E-state index in [4.69, 9.17) is 16.3 Å². The molecule has 3 aliphatic rings. The molecule has 1 unspecified atom stereocenters. The fourth-order valence-electron chi connectivity index (χ4n) is 6.28. The van der Waals surface area contributed by atoms with Crippen molar-refractivity contribution in [3.8, 4) is 0 Å². The number of benzene rings is 3. The number of morpholine rings is 1. The van der Waals surface area contributed by atoms with Crippen LogP contribution in [0.25, 0.3) is 0 Å². The van der Waals surface area contributed by atoms with Crippen LogP contribution < -0.4 is 10.2 Å². The molecule has 1 saturated heterocycles. The second-order valence-corrected chi connectivity index (χ2v) is 11.2. The lowest BCUT2D eigenvalue weighted by molar-refractivity contribution is -0.00653. The van der Waals surface area contributed by atoms with E-state index in [0.717, 1.165) is 42.7 Å². The second kappa shape index (κ2) is 11.5. The summed E-state index contributed by atoms with van der Waals surface area (Å²) in [6.45, 7) is 3.47. The maximum atomic E-state index is 13.9. The van der Waals surface area contributed by atoms with Crippen molar-refractivity contribution in [2.45, 2.75) is 50.6 Å². The number of nitrogens with one attached hydrogen (secondary N) is 1. The monoisotopic (exact) mass is 543 g/mol. The van der Waals surface area contributed by atoms with Gasteiger partial charge in [0.15, 0.2) is 0 Å². The molecule has 0 spiro atoms. The average molecular weight is 544 g/mol. The molecule has 1 atom stereocenters. The quantitative estimate of drug-likeness (QED) is 0.408. The van der Waals surface area contributed by atoms with Crippen LogP contribution in [0.2, 0.25) is 5.02 Å². The van der Waals surface area contributed by atoms with Gasteiger partial charge in [-0.15, -0.1) is 0 Å². The summed E-state index contributed by atoms with van der Waals surface area (Å²) in [4.78, 5) is 31.4. The molecule has 202 valence electrons. The Bertz CT molecular complexity index is 1370. The van der Waals surface area contributed by atoms with Gasteiger partial charge < -0.3 is 15.0 Å². The molecule has 1 N–H and O–H groups in total. The molecule has 2 fully saturated rings. The lowest BCUT2D eigenvalue weighted by atomic mass is 9.82. The summed E-state index contributed by atoms with van der Waals surface area (Å²) in [5.74, 6) is 0.122. The normalized spacial score (nSPS) is 20.0. The van der Waals surface area contributed by atoms with Crippen molar-refractivity contribution < 1.29 is 14.3 Å². The van der Waals surface area contributed by atoms with Crippen molar-refractivity contribution in [3.63, 3.8) is 0 Å². The van der Waals surface area contributed by atoms with Gasteiger partial charge in [0.05, 0.1) is 29.8 Å². The highest BCUT2D eigenvalue weighted by atomic mass is 35.5. The molecule has 2 aliphatic heterocycles. The van der Waals surface area contributed by atoms with Crippen molar-refractivity contribution in [3.05, 3.63) is 94.0 Å². The second-order valence-electron chi connectivity index (χ2n) is 10.8. The van der Waals surface area contributed by atoms with Gasteiger partial charge >= 0.3 is 0 Å². The van der Waals surface area contributed by atoms with E-state index < -0.39 is 0 Å². The number of nitrogens with zero attached hydrogens (tertiary/aromatic N) is 2. The minimum Gasteiger partial charge on any atom is -0.378 e. The molecule has 2 heterocycles. The van der Waals surface area contributed by atoms with E-state index >= 15 is 0 Å². The predicted molar refractivity (Wildman–Crippen MR) is 155 cm³/mol. The number of hydrogen-bond donors (Lipinski definition) is 1. The number of fused-ring (bicyclic) bond motifs is 2. The van der Waals surface area contributed by atoms with Crippen LogP contribution in [0.4, 0.5) is 11.4 Å². The van der Waals surface area contributed by atoms with Crippen LogP contribution in [0.1, 0.15) is 69.9 Å². The van der Waals surface area contributed by atoms with Gasteiger partial charge in [-0.3, -0.25) is 14.5 Å². The summed E-state index contributed by atoms with van der Waals surface area (Å²) in [5.41, 5.74) is 4.84. The summed E-state index contributed by atoms with van der Waals surface area (Å²) in [6.07, 6.45) is 5.93. The van der Waals surface area contributed by atoms with Gasteiger partial charge in [-0.05, 0) is 60.2 Å². The number of hydrogen-bond acceptors (Lipinski definition) is 4. The molecule has 3 aromatic rings. The van der Waals surface area contributed by atoms with E-state index in [9.17, 15) is 9.59 Å². The zero-order chi connectivity index (χ0) is 26.8. The van der Waals surface area contributed by atoms with E-state index in [1.165, 1.54) is 19.3 Å². The third kappa shape index (κ3) is 5.46. The number of para-hydroxylation sites is 1. The van der Waals surface area contributed by atoms with Crippen molar-refractivity contribution in [1.29, 1.82) is 0 Å². The minimum absolute atomic E-state index is 0.122. The molecule has 6 nitrogen and oxygen atoms in total. The molecule has 1 aliphatic carbocycles. The number of amides is 2. The van der Waals surface area contributed by atoms with Crippen molar-refractivity contribution in [2.75, 3.05) is 36.5 Å². The zero-order valence-electron chi connectivity index (χ0n) is 22.1. The van der Waals surface area contributed by atoms with Gasteiger partial charge in [0.1, 0.15) is 0 Å². The first kappa shape index (κ1) is 26.1. The summed E-state index contributed by atoms with van der Waals surface area (Å²) < 4.78 is 5.74. The lowest BCUT2D eigenvalue weighted by Crippen LogP contribution is -2.50. The third-order valence-corrected chi connectivity index (χ3v) is 8.66. The molecule has 1 saturated carbocycles. The predicted octanol–water partition coefficient (Wildman–Crippen LogP) is 6.50. The molecule has 0 aromatic heterocycles. The Morgan fingerprint density at radius 3 is 2.56 bits per heavy atom. The maximum Gasteiger partial charge on any atom is 0.259 e. The summed E-state index contributed by atoms with van der Waals surface area (Å²) in [7, 11) is 0. The Morgan fingerprint density at radius 2 is 1.72 bits per heavy atom. The van der Waals surface area contributed by atoms with Crippen molar-refractivity contribution in [1.82, 2.24) is 4.90 Å². The smallest absolute Gasteiger partial charge is 0.259 e. The van der Waals surface area contributed by atoms with Crippen LogP contribution in [-0.2, 0) is 11.3 Å². The first-order valence-corrected chi connectivity index (χ1v) is 14.4. The van der Waals surface area contributed by atoms with Gasteiger partial charge in [0.25, 0.3) is 11.8 Å². The third-order valence-electron chi connectivity index (χ3n) is 8.35. The Balaban J connectivity index is 1.23. The molecule has 6 rings (SSSR count). The van der Waals surface area contributed by atoms with Gasteiger partial charge in [0.2, 0.25) is 0 Å². The minimum atomic E-state index is -0.152. The number of halogens is 1. The number of anilines is 2. The number of ether oxygens (including phenoxy) is 1. The van der Waals surface area contributed by atoms with Crippen molar-refractivity contribution in [2.24, 2.45) is 0 Å². The lowest BCUT2D eigenvalue weighted by Gasteiger charge is -2.35. The van der Waals surface area contributed by atoms with Crippen molar-refractivity contribution >= 4 is 34.8 Å². The summed E-state index contributed by atoms with van der Waals surface area (Å²) in [6, 6.07) is 21.2. The number of rotatable bonds is 4. The van der Waals surface area contributed by atoms with Crippen LogP contribution >= 0.6 is 11.6 Å². The first-order chi connectivity index (χ1) is 19.1. The largest absolute Gasteiger partial charge is 0.378 e. The highest BCUT2D eigenvalue weighted by Gasteiger charge is 2.33. The van der Waals surface area contributed by atoms with Crippen LogP contribution in [0.15, 0.2) is 66.7 Å². The Labute approximate surface area is 234 Å². The van der Waals surface area contributed by atoms with E-state index in [2.05, 4.69) is 22.3 Å². The fraction of sp³-hybridized carbons (Fsp3) is 0.375. The topological polar surface area (TPSA) is 61.9 Å². The molecular weight excluding hydrogens is 510 g/mol. The molecule has 0 radical (unpaired) electrons. The zero-order valence-corrected chi connectivity index (χ0v) is 22.8. The molecular formula is C32H34ClN3O3. The van der Waals surface area contributed by atoms with E-state index in [1.54, 1.807) is 18.2 Å². The van der Waals surface area contributed by atoms with Crippen LogP contribution in [0.5, 0.6) is 0 Å². The maximum absolute atomic E-state index is 13.9. The fourth-order valence-corrected chi connectivity index (χ4v) is 6.54. The SMILES string of the molecule is O=C(Nc1ccc(C(=O)N2CC3COCCN3Cc3ccccc32)c(Cl)c1)c1ccccc1C1CCCCC1. The average Bonchev–Trinajstić information content (AvgIpc) is 3.14. The first-order valence-electron chi connectivity index (χ1n) is 14.0. The van der Waals surface area contributed by atoms with E-state index in [-0.39, 0.29) is 17.9 Å². The molecule has 3 aromatic carbocycles. The highest BCUT2D eigenvalue weighted by Crippen LogP contribution is 2.35. The van der Waals surface area contributed by atoms with Crippen LogP contribution in [0, 0.1) is 0 Å². The molecule has 0 bridgehead atoms. The standard InChI is InChI=1S/C32H34ClN3O3/c33-29-18-24(34-31(37)27-12-6-5-11-26(27)22-8-2-1-3-9-22)14-15-28(29)32(38)36-20-25-21-39-17-16-35(25)19-23-10-4-7-13-30(23)36/h4-7,10-15,18,22,25H,1-3,8-9,16-17,19-21H2,(H,34,37). The van der Waals surface area contributed by atoms with Gasteiger partial charge in [-0.2, -0.15) is 0 Å². The van der Waals surface area contributed by atoms with Gasteiger partial charge in [0, 0.05) is 36.6 Å². The molecule has 2 amide bonds. The summed E-state index contributed by atoms with van der Waals surface area (Å²) in [5, 5.41) is 3.33. The Morgan fingerprint density at radius 1 is 0.923 bits per heavy atom. The van der Waals surface area contributed by atoms with Gasteiger partial charge in [-0.25, -0.2) is 0 Å². The summed E-state index contributed by atoms with van der Waals surface area (Å²) >= 11 is 6.70. The Hall–Kier alpha value is -3.19. The Kier molecular flexibility index (Phi) is 7.69. The number of carbonyl (C=O) groups excluding carboxylic acids is 2. The molecule has 7 heteroatoms. The van der Waals surface area contributed by atoms with E-state index in [0.29, 0.717) is 47.5 Å². The van der Waals surface area contributed by atoms with Crippen LogP contribution in [0.3, 0.4) is 0 Å². The van der Waals surface area contributed by atoms with Gasteiger partial charge in [-0.1, -0.05) is 67.3 Å². The highest BCUT2D eigenvalue weighted by molar-refractivity contribution is 6.35.